The minimum Gasteiger partial charge on any atom is -0.691 e. The molecule has 0 aliphatic carbocycles. The van der Waals surface area contributed by atoms with Crippen molar-refractivity contribution in [2.24, 2.45) is 11.8 Å². The normalized spacial score (nSPS) is 31.1. The van der Waals surface area contributed by atoms with Gasteiger partial charge in [-0.2, -0.15) is 0 Å². The molecule has 2 heterocycles. The summed E-state index contributed by atoms with van der Waals surface area (Å²) in [5.41, 5.74) is 0.244. The van der Waals surface area contributed by atoms with Crippen molar-refractivity contribution in [3.8, 4) is 0 Å². The zero-order chi connectivity index (χ0) is 35.8. The van der Waals surface area contributed by atoms with Crippen molar-refractivity contribution in [3.05, 3.63) is 11.6 Å². The summed E-state index contributed by atoms with van der Waals surface area (Å²) in [6.45, 7) is 8.22. The molecular formula is C32H57NaO16S. The van der Waals surface area contributed by atoms with E-state index in [2.05, 4.69) is 30.1 Å². The van der Waals surface area contributed by atoms with Crippen LogP contribution < -0.4 is 34.8 Å². The van der Waals surface area contributed by atoms with Gasteiger partial charge >= 0.3 is 41.5 Å². The summed E-state index contributed by atoms with van der Waals surface area (Å²) >= 11 is -0.0167. The molecule has 0 aromatic carbocycles. The minimum atomic E-state index is -1.78. The zero-order valence-electron chi connectivity index (χ0n) is 29.2. The number of ether oxygens (including phenoxy) is 5. The molecule has 0 saturated carbocycles. The molecule has 5 N–H and O–H groups in total. The molecule has 0 radical (unpaired) electrons. The molecule has 18 heteroatoms. The average Bonchev–Trinajstić information content (AvgIpc) is 3.06. The molecule has 2 saturated heterocycles. The second-order valence-electron chi connectivity index (χ2n) is 12.4. The van der Waals surface area contributed by atoms with Gasteiger partial charge in [-0.3, -0.25) is 14.0 Å². The van der Waals surface area contributed by atoms with E-state index in [1.807, 2.05) is 6.92 Å². The monoisotopic (exact) mass is 752 g/mol. The Morgan fingerprint density at radius 1 is 0.880 bits per heavy atom. The van der Waals surface area contributed by atoms with E-state index in [0.717, 1.165) is 38.5 Å². The first-order chi connectivity index (χ1) is 22.9. The van der Waals surface area contributed by atoms with E-state index in [9.17, 15) is 40.4 Å². The Hall–Kier alpha value is -0.450. The molecule has 288 valence electrons. The third kappa shape index (κ3) is 15.5. The zero-order valence-corrected chi connectivity index (χ0v) is 32.0. The molecule has 0 bridgehead atoms. The smallest absolute Gasteiger partial charge is 0.691 e. The van der Waals surface area contributed by atoms with E-state index in [-0.39, 0.29) is 67.2 Å². The van der Waals surface area contributed by atoms with E-state index >= 15 is 0 Å². The van der Waals surface area contributed by atoms with Crippen LogP contribution in [0.5, 0.6) is 0 Å². The summed E-state index contributed by atoms with van der Waals surface area (Å²) in [6.07, 6.45) is -8.51. The molecule has 50 heavy (non-hydrogen) atoms. The van der Waals surface area contributed by atoms with E-state index in [1.165, 1.54) is 0 Å². The molecule has 2 aliphatic heterocycles. The summed E-state index contributed by atoms with van der Waals surface area (Å²) in [7, 11) is 0. The van der Waals surface area contributed by atoms with Gasteiger partial charge < -0.3 is 54.5 Å². The van der Waals surface area contributed by atoms with Crippen molar-refractivity contribution < 1.29 is 107 Å². The van der Waals surface area contributed by atoms with E-state index in [4.69, 9.17) is 27.9 Å². The van der Waals surface area contributed by atoms with Crippen LogP contribution in [-0.2, 0) is 46.8 Å². The van der Waals surface area contributed by atoms with Crippen molar-refractivity contribution in [1.82, 2.24) is 0 Å². The Bertz CT molecular complexity index is 979. The van der Waals surface area contributed by atoms with Crippen molar-refractivity contribution in [3.63, 3.8) is 0 Å². The third-order valence-electron chi connectivity index (χ3n) is 8.42. The van der Waals surface area contributed by atoms with Gasteiger partial charge in [-0.1, -0.05) is 73.3 Å². The summed E-state index contributed by atoms with van der Waals surface area (Å²) in [5, 5.41) is 65.6. The van der Waals surface area contributed by atoms with Crippen LogP contribution in [0.1, 0.15) is 93.4 Å². The maximum absolute atomic E-state index is 13.3. The predicted octanol–water partition coefficient (Wildman–Crippen LogP) is -1.47. The van der Waals surface area contributed by atoms with Gasteiger partial charge in [-0.05, 0) is 31.6 Å². The molecule has 2 rings (SSSR count). The minimum absolute atomic E-state index is 0. The first-order valence-corrected chi connectivity index (χ1v) is 17.2. The number of carbonyl (C=O) groups excluding carboxylic acids is 2. The Labute approximate surface area is 321 Å². The largest absolute Gasteiger partial charge is 1.00 e. The molecule has 0 spiro atoms. The molecule has 10 unspecified atom stereocenters. The molecule has 0 aromatic heterocycles. The van der Waals surface area contributed by atoms with Gasteiger partial charge in [0, 0.05) is 12.0 Å². The van der Waals surface area contributed by atoms with Gasteiger partial charge in [0.15, 0.2) is 36.9 Å². The van der Waals surface area contributed by atoms with Crippen molar-refractivity contribution in [2.45, 2.75) is 155 Å². The summed E-state index contributed by atoms with van der Waals surface area (Å²) < 4.78 is 38.0. The number of aliphatic hydroxyl groups excluding tert-OH is 5. The maximum atomic E-state index is 13.3. The van der Waals surface area contributed by atoms with Gasteiger partial charge in [0.05, 0.1) is 13.2 Å². The van der Waals surface area contributed by atoms with Crippen molar-refractivity contribution in [2.75, 3.05) is 13.2 Å². The van der Waals surface area contributed by atoms with Gasteiger partial charge in [-0.25, -0.2) is 4.79 Å². The molecule has 16 nitrogen and oxygen atoms in total. The van der Waals surface area contributed by atoms with Crippen LogP contribution >= 0.6 is 12.3 Å². The number of hydrogen-bond donors (Lipinski definition) is 5. The molecule has 2 aliphatic rings. The SMILES string of the molecule is C.CCCCCCCC(=O)OC1C(OC2OC(CO)C(O)C(O)C2OSOO[O-])OC(CO)C(O)C1OC(=O)/C(C)=C/[C@@H](C)C[C@@H](C)CC.[Na+]. The molecule has 0 aromatic rings. The predicted molar refractivity (Wildman–Crippen MR) is 172 cm³/mol. The van der Waals surface area contributed by atoms with E-state index < -0.39 is 86.6 Å². The maximum Gasteiger partial charge on any atom is 1.00 e. The van der Waals surface area contributed by atoms with Crippen LogP contribution in [0.25, 0.3) is 0 Å². The van der Waals surface area contributed by atoms with Gasteiger partial charge in [0.2, 0.25) is 6.29 Å². The standard InChI is InChI=1S/C31H54O16S.CH4.Na/c1-6-8-9-10-11-12-22(34)42-28-26(43-29(38)19(5)14-18(4)13-17(3)7-2)24(36)21(16-33)41-31(28)44-30-27(45-48-47-46-39)25(37)23(35)20(15-32)40-30;;/h14,17-18,20-21,23-28,30-33,35-37,39H,6-13,15-16H2,1-5H3;1H4;/q;;+1/p-1/b19-14+;;/t17-,18-,20?,21?,23?,24?,25?,26?,27?,28?,30?,31?;;/m0../s1. The fourth-order valence-electron chi connectivity index (χ4n) is 5.55. The van der Waals surface area contributed by atoms with Crippen LogP contribution in [0.15, 0.2) is 11.6 Å². The molecule has 2 fully saturated rings. The van der Waals surface area contributed by atoms with E-state index in [0.29, 0.717) is 12.3 Å². The Balaban J connectivity index is 0.0000120. The van der Waals surface area contributed by atoms with Gasteiger partial charge in [0.25, 0.3) is 0 Å². The molecule has 12 atom stereocenters. The van der Waals surface area contributed by atoms with E-state index in [1.54, 1.807) is 13.0 Å². The number of carbonyl (C=O) groups is 2. The first-order valence-electron chi connectivity index (χ1n) is 16.5. The van der Waals surface area contributed by atoms with Crippen molar-refractivity contribution >= 4 is 24.3 Å². The second kappa shape index (κ2) is 26.3. The van der Waals surface area contributed by atoms with Gasteiger partial charge in [0.1, 0.15) is 30.5 Å². The number of hydrogen-bond acceptors (Lipinski definition) is 17. The number of esters is 2. The topological polar surface area (TPSA) is 232 Å². The quantitative estimate of drug-likeness (QED) is 0.0171. The summed E-state index contributed by atoms with van der Waals surface area (Å²) in [5.74, 6) is -1.07. The Kier molecular flexibility index (Phi) is 26.1. The number of aliphatic hydroxyl groups is 5. The van der Waals surface area contributed by atoms with Crippen LogP contribution in [-0.4, -0.2) is 112 Å². The number of allylic oxidation sites excluding steroid dienone is 1. The van der Waals surface area contributed by atoms with Crippen LogP contribution in [0, 0.1) is 11.8 Å². The van der Waals surface area contributed by atoms with Crippen LogP contribution in [0.4, 0.5) is 0 Å². The number of unbranched alkanes of at least 4 members (excludes halogenated alkanes) is 4. The summed E-state index contributed by atoms with van der Waals surface area (Å²) in [6, 6.07) is 0. The summed E-state index contributed by atoms with van der Waals surface area (Å²) in [4.78, 5) is 26.4. The Morgan fingerprint density at radius 3 is 2.06 bits per heavy atom. The van der Waals surface area contributed by atoms with Crippen molar-refractivity contribution in [1.29, 1.82) is 0 Å². The fourth-order valence-corrected chi connectivity index (χ4v) is 5.90. The number of rotatable bonds is 21. The van der Waals surface area contributed by atoms with Crippen LogP contribution in [0.2, 0.25) is 0 Å². The molecular weight excluding hydrogens is 695 g/mol. The average molecular weight is 753 g/mol. The Morgan fingerprint density at radius 2 is 1.48 bits per heavy atom. The second-order valence-corrected chi connectivity index (χ2v) is 12.9. The molecule has 0 amide bonds. The van der Waals surface area contributed by atoms with Gasteiger partial charge in [-0.15, -0.1) is 4.33 Å². The first kappa shape index (κ1) is 49.6. The van der Waals surface area contributed by atoms with Crippen LogP contribution in [0.3, 0.4) is 0 Å². The fraction of sp³-hybridized carbons (Fsp3) is 0.875. The third-order valence-corrected chi connectivity index (χ3v) is 8.83.